The molecule has 0 unspecified atom stereocenters. The van der Waals surface area contributed by atoms with Crippen LogP contribution >= 0.6 is 15.8 Å². The number of aryl methyl sites for hydroxylation is 2. The maximum absolute atomic E-state index is 9.75. The van der Waals surface area contributed by atoms with Crippen molar-refractivity contribution in [2.45, 2.75) is 12.3 Å². The number of benzene rings is 4. The van der Waals surface area contributed by atoms with Gasteiger partial charge in [-0.2, -0.15) is 0 Å². The Bertz CT molecular complexity index is 1580. The summed E-state index contributed by atoms with van der Waals surface area (Å²) in [4.78, 5) is 8.99. The van der Waals surface area contributed by atoms with E-state index >= 15 is 0 Å². The molecule has 272 valence electrons. The number of aromatic nitrogens is 4. The molecule has 2 aromatic heterocycles. The van der Waals surface area contributed by atoms with Gasteiger partial charge < -0.3 is 43.7 Å². The number of hydrogen-bond acceptors (Lipinski definition) is 2. The molecule has 6 aromatic rings. The van der Waals surface area contributed by atoms with Crippen molar-refractivity contribution in [2.75, 3.05) is 0 Å². The van der Waals surface area contributed by atoms with Gasteiger partial charge in [-0.25, -0.2) is 9.97 Å². The summed E-state index contributed by atoms with van der Waals surface area (Å²) >= 11 is 0. The number of hydrogen-bond donors (Lipinski definition) is 0. The van der Waals surface area contributed by atoms with Gasteiger partial charge >= 0.3 is 31.0 Å². The molecule has 51 heavy (non-hydrogen) atoms. The fourth-order valence-electron chi connectivity index (χ4n) is 4.75. The molecule has 0 aliphatic carbocycles. The molecular formula is C34H36B2F8N4NiP2+2. The van der Waals surface area contributed by atoms with Crippen LogP contribution in [0.15, 0.2) is 146 Å². The van der Waals surface area contributed by atoms with E-state index in [0.717, 1.165) is 24.0 Å². The van der Waals surface area contributed by atoms with E-state index in [2.05, 4.69) is 155 Å². The third-order valence-electron chi connectivity index (χ3n) is 7.00. The molecule has 4 aromatic carbocycles. The first-order valence-corrected chi connectivity index (χ1v) is 18.7. The van der Waals surface area contributed by atoms with E-state index in [1.807, 2.05) is 24.8 Å². The number of nitrogens with zero attached hydrogens (tertiary/aromatic N) is 4. The van der Waals surface area contributed by atoms with Crippen molar-refractivity contribution in [1.82, 2.24) is 19.1 Å². The topological polar surface area (TPSA) is 35.6 Å². The first-order chi connectivity index (χ1) is 23.7. The summed E-state index contributed by atoms with van der Waals surface area (Å²) in [6.45, 7) is 0. The summed E-state index contributed by atoms with van der Waals surface area (Å²) in [5.74, 6) is 2.32. The Balaban J connectivity index is 0.000000276. The molecule has 2 heterocycles. The van der Waals surface area contributed by atoms with E-state index in [4.69, 9.17) is 0 Å². The third kappa shape index (κ3) is 17.3. The fraction of sp³-hybridized carbons (Fsp3) is 0.118. The summed E-state index contributed by atoms with van der Waals surface area (Å²) in [5, 5.41) is 5.75. The van der Waals surface area contributed by atoms with Gasteiger partial charge in [-0.1, -0.05) is 72.8 Å². The molecule has 17 heteroatoms. The van der Waals surface area contributed by atoms with Crippen molar-refractivity contribution in [3.05, 3.63) is 158 Å². The number of imidazole rings is 2. The third-order valence-corrected chi connectivity index (χ3v) is 12.5. The number of rotatable bonds is 8. The van der Waals surface area contributed by atoms with E-state index < -0.39 is 30.4 Å². The zero-order chi connectivity index (χ0) is 36.6. The van der Waals surface area contributed by atoms with Crippen LogP contribution in [-0.4, -0.2) is 33.6 Å². The maximum Gasteiger partial charge on any atom is 2.00 e. The standard InChI is InChI=1S/2C17H17N2P.2BF4.Ni/c2*1-19-13-12-18-17(19)14-20(15-8-4-2-5-9-15)16-10-6-3-7-11-16;2*2-1(3,4)5;/h2*2-13H,14H2,1H3;;;/q;;2*-1;+2/p+2. The molecule has 0 amide bonds. The van der Waals surface area contributed by atoms with E-state index in [-0.39, 0.29) is 16.5 Å². The van der Waals surface area contributed by atoms with Crippen LogP contribution in [0, 0.1) is 0 Å². The van der Waals surface area contributed by atoms with Gasteiger partial charge in [-0.15, -0.1) is 0 Å². The first kappa shape index (κ1) is 43.4. The number of halogens is 8. The molecule has 0 bridgehead atoms. The molecule has 0 aliphatic heterocycles. The van der Waals surface area contributed by atoms with Crippen molar-refractivity contribution < 1.29 is 51.0 Å². The second kappa shape index (κ2) is 21.6. The Hall–Kier alpha value is -3.78. The van der Waals surface area contributed by atoms with E-state index in [1.165, 1.54) is 21.2 Å². The van der Waals surface area contributed by atoms with Gasteiger partial charge in [0.15, 0.2) is 0 Å². The smallest absolute Gasteiger partial charge is 0.418 e. The van der Waals surface area contributed by atoms with Crippen LogP contribution < -0.4 is 21.2 Å². The van der Waals surface area contributed by atoms with Crippen LogP contribution in [0.1, 0.15) is 11.6 Å². The Kier molecular flexibility index (Phi) is 18.3. The summed E-state index contributed by atoms with van der Waals surface area (Å²) in [6.07, 6.45) is 9.83. The van der Waals surface area contributed by atoms with Crippen LogP contribution in [0.25, 0.3) is 0 Å². The van der Waals surface area contributed by atoms with Crippen LogP contribution in [-0.2, 0) is 42.9 Å². The minimum Gasteiger partial charge on any atom is -0.418 e. The zero-order valence-corrected chi connectivity index (χ0v) is 30.5. The van der Waals surface area contributed by atoms with Crippen molar-refractivity contribution in [2.24, 2.45) is 14.1 Å². The molecule has 0 saturated carbocycles. The van der Waals surface area contributed by atoms with Crippen LogP contribution in [0.3, 0.4) is 0 Å². The average molecular weight is 795 g/mol. The van der Waals surface area contributed by atoms with Gasteiger partial charge in [0, 0.05) is 38.9 Å². The van der Waals surface area contributed by atoms with Gasteiger partial charge in [0.1, 0.15) is 24.0 Å². The molecular weight excluding hydrogens is 759 g/mol. The predicted molar refractivity (Wildman–Crippen MR) is 195 cm³/mol. The van der Waals surface area contributed by atoms with Gasteiger partial charge in [0.25, 0.3) is 0 Å². The van der Waals surface area contributed by atoms with Crippen molar-refractivity contribution >= 4 is 51.6 Å². The zero-order valence-electron chi connectivity index (χ0n) is 27.6. The van der Waals surface area contributed by atoms with E-state index in [1.54, 1.807) is 0 Å². The maximum atomic E-state index is 9.75. The Labute approximate surface area is 305 Å². The second-order valence-corrected chi connectivity index (χ2v) is 15.6. The molecule has 0 spiro atoms. The van der Waals surface area contributed by atoms with Gasteiger partial charge in [0.05, 0.1) is 37.1 Å². The molecule has 0 N–H and O–H groups in total. The molecule has 0 atom stereocenters. The SMILES string of the molecule is Cn1ccnc1C[PH+](c1ccccc1)c1ccccc1.Cn1ccnc1C[PH+](c1ccccc1)c1ccccc1.F[B-](F)(F)F.F[B-](F)(F)F.[Ni+2]. The van der Waals surface area contributed by atoms with Crippen molar-refractivity contribution in [3.8, 4) is 0 Å². The molecule has 0 radical (unpaired) electrons. The summed E-state index contributed by atoms with van der Waals surface area (Å²) in [6, 6.07) is 43.2. The summed E-state index contributed by atoms with van der Waals surface area (Å²) in [7, 11) is -9.52. The minimum atomic E-state index is -6.00. The normalized spacial score (nSPS) is 10.9. The average Bonchev–Trinajstić information content (AvgIpc) is 3.69. The second-order valence-electron chi connectivity index (χ2n) is 10.7. The van der Waals surface area contributed by atoms with Crippen LogP contribution in [0.4, 0.5) is 34.5 Å². The molecule has 4 nitrogen and oxygen atoms in total. The molecule has 0 saturated heterocycles. The van der Waals surface area contributed by atoms with Crippen LogP contribution in [0.2, 0.25) is 0 Å². The monoisotopic (exact) mass is 794 g/mol. The van der Waals surface area contributed by atoms with E-state index in [0.29, 0.717) is 0 Å². The molecule has 0 fully saturated rings. The van der Waals surface area contributed by atoms with Crippen LogP contribution in [0.5, 0.6) is 0 Å². The minimum absolute atomic E-state index is 0. The Morgan fingerprint density at radius 3 is 0.843 bits per heavy atom. The molecule has 0 aliphatic rings. The van der Waals surface area contributed by atoms with Gasteiger partial charge in [0.2, 0.25) is 0 Å². The Morgan fingerprint density at radius 2 is 0.667 bits per heavy atom. The van der Waals surface area contributed by atoms with E-state index in [9.17, 15) is 34.5 Å². The summed E-state index contributed by atoms with van der Waals surface area (Å²) in [5.41, 5.74) is 0. The fourth-order valence-corrected chi connectivity index (χ4v) is 9.93. The van der Waals surface area contributed by atoms with Gasteiger partial charge in [-0.3, -0.25) is 0 Å². The first-order valence-electron chi connectivity index (χ1n) is 15.3. The summed E-state index contributed by atoms with van der Waals surface area (Å²) < 4.78 is 82.2. The van der Waals surface area contributed by atoms with Gasteiger partial charge in [-0.05, 0) is 48.5 Å². The predicted octanol–water partition coefficient (Wildman–Crippen LogP) is 8.17. The largest absolute Gasteiger partial charge is 2.00 e. The Morgan fingerprint density at radius 1 is 0.451 bits per heavy atom. The van der Waals surface area contributed by atoms with Crippen molar-refractivity contribution in [1.29, 1.82) is 0 Å². The van der Waals surface area contributed by atoms with Crippen molar-refractivity contribution in [3.63, 3.8) is 0 Å². The quantitative estimate of drug-likeness (QED) is 0.0887. The molecule has 6 rings (SSSR count).